The SMILES string of the molecule is O=C(CCCC(=O)NN=Cc1ccc([N+](=O)[O-])o1)NN=Cc1ccc([N+](=O)[O-])o1. The molecule has 2 aromatic rings. The van der Waals surface area contributed by atoms with E-state index in [9.17, 15) is 29.8 Å². The summed E-state index contributed by atoms with van der Waals surface area (Å²) in [5.74, 6) is -1.65. The lowest BCUT2D eigenvalue weighted by Gasteiger charge is -2.00. The highest BCUT2D eigenvalue weighted by Gasteiger charge is 2.11. The highest BCUT2D eigenvalue weighted by molar-refractivity contribution is 5.82. The molecule has 0 aliphatic rings. The van der Waals surface area contributed by atoms with E-state index < -0.39 is 33.4 Å². The Morgan fingerprint density at radius 3 is 1.62 bits per heavy atom. The Balaban J connectivity index is 1.63. The van der Waals surface area contributed by atoms with E-state index in [4.69, 9.17) is 8.83 Å². The van der Waals surface area contributed by atoms with Gasteiger partial charge in [0, 0.05) is 12.8 Å². The quantitative estimate of drug-likeness (QED) is 0.336. The van der Waals surface area contributed by atoms with Gasteiger partial charge in [0.05, 0.1) is 24.6 Å². The van der Waals surface area contributed by atoms with E-state index in [1.807, 2.05) is 0 Å². The minimum Gasteiger partial charge on any atom is -0.400 e. The molecule has 0 bridgehead atoms. The molecular weight excluding hydrogens is 392 g/mol. The first-order valence-corrected chi connectivity index (χ1v) is 7.97. The minimum atomic E-state index is -0.705. The molecule has 2 aromatic heterocycles. The number of nitrogens with zero attached hydrogens (tertiary/aromatic N) is 4. The zero-order valence-corrected chi connectivity index (χ0v) is 14.6. The van der Waals surface area contributed by atoms with E-state index in [1.165, 1.54) is 12.1 Å². The van der Waals surface area contributed by atoms with Crippen molar-refractivity contribution in [2.24, 2.45) is 10.2 Å². The van der Waals surface area contributed by atoms with Crippen LogP contribution in [0.3, 0.4) is 0 Å². The number of furan rings is 2. The molecule has 0 spiro atoms. The van der Waals surface area contributed by atoms with Crippen molar-refractivity contribution in [2.75, 3.05) is 0 Å². The third kappa shape index (κ3) is 7.05. The number of nitrogens with one attached hydrogen (secondary N) is 2. The van der Waals surface area contributed by atoms with E-state index >= 15 is 0 Å². The maximum Gasteiger partial charge on any atom is 0.433 e. The average molecular weight is 406 g/mol. The van der Waals surface area contributed by atoms with Crippen LogP contribution in [0, 0.1) is 20.2 Å². The molecule has 152 valence electrons. The van der Waals surface area contributed by atoms with Gasteiger partial charge in [-0.25, -0.2) is 10.9 Å². The fourth-order valence-electron chi connectivity index (χ4n) is 1.88. The molecule has 2 rings (SSSR count). The predicted octanol–water partition coefficient (Wildman–Crippen LogP) is 1.46. The normalized spacial score (nSPS) is 11.0. The number of hydrogen-bond donors (Lipinski definition) is 2. The van der Waals surface area contributed by atoms with Crippen LogP contribution >= 0.6 is 0 Å². The summed E-state index contributed by atoms with van der Waals surface area (Å²) in [5.41, 5.74) is 4.38. The topological polar surface area (TPSA) is 195 Å². The maximum absolute atomic E-state index is 11.6. The number of nitro groups is 2. The summed E-state index contributed by atoms with van der Waals surface area (Å²) in [5, 5.41) is 28.1. The average Bonchev–Trinajstić information content (AvgIpc) is 3.31. The van der Waals surface area contributed by atoms with Crippen molar-refractivity contribution in [2.45, 2.75) is 19.3 Å². The molecule has 0 saturated carbocycles. The number of carbonyl (C=O) groups excluding carboxylic acids is 2. The predicted molar refractivity (Wildman–Crippen MR) is 96.0 cm³/mol. The number of amides is 2. The number of hydrazone groups is 2. The molecule has 29 heavy (non-hydrogen) atoms. The first kappa shape index (κ1) is 20.9. The van der Waals surface area contributed by atoms with Gasteiger partial charge in [0.2, 0.25) is 11.8 Å². The molecule has 2 heterocycles. The number of carbonyl (C=O) groups is 2. The summed E-state index contributed by atoms with van der Waals surface area (Å²) < 4.78 is 9.63. The van der Waals surface area contributed by atoms with Crippen molar-refractivity contribution in [1.29, 1.82) is 0 Å². The zero-order valence-electron chi connectivity index (χ0n) is 14.6. The van der Waals surface area contributed by atoms with Crippen LogP contribution in [0.4, 0.5) is 11.8 Å². The Hall–Kier alpha value is -4.36. The molecule has 0 fully saturated rings. The molecule has 0 atom stereocenters. The summed E-state index contributed by atoms with van der Waals surface area (Å²) >= 11 is 0. The van der Waals surface area contributed by atoms with E-state index in [2.05, 4.69) is 21.1 Å². The van der Waals surface area contributed by atoms with Gasteiger partial charge in [-0.3, -0.25) is 29.8 Å². The molecule has 2 N–H and O–H groups in total. The Morgan fingerprint density at radius 1 is 0.862 bits per heavy atom. The second-order valence-corrected chi connectivity index (χ2v) is 5.31. The van der Waals surface area contributed by atoms with Gasteiger partial charge in [-0.05, 0) is 18.6 Å². The van der Waals surface area contributed by atoms with E-state index in [0.717, 1.165) is 24.6 Å². The Labute approximate surface area is 161 Å². The van der Waals surface area contributed by atoms with Gasteiger partial charge in [0.15, 0.2) is 11.5 Å². The van der Waals surface area contributed by atoms with Crippen LogP contribution in [-0.4, -0.2) is 34.1 Å². The highest BCUT2D eigenvalue weighted by Crippen LogP contribution is 2.14. The Bertz CT molecular complexity index is 883. The molecular formula is C15H14N6O8. The van der Waals surface area contributed by atoms with Gasteiger partial charge in [0.1, 0.15) is 9.85 Å². The van der Waals surface area contributed by atoms with Gasteiger partial charge < -0.3 is 8.83 Å². The van der Waals surface area contributed by atoms with E-state index in [0.29, 0.717) is 0 Å². The molecule has 0 aromatic carbocycles. The molecule has 0 aliphatic heterocycles. The zero-order chi connectivity index (χ0) is 21.2. The second kappa shape index (κ2) is 10.1. The van der Waals surface area contributed by atoms with Crippen molar-refractivity contribution < 1.29 is 28.3 Å². The van der Waals surface area contributed by atoms with Crippen molar-refractivity contribution in [3.63, 3.8) is 0 Å². The first-order chi connectivity index (χ1) is 13.8. The third-order valence-corrected chi connectivity index (χ3v) is 3.15. The van der Waals surface area contributed by atoms with Crippen LogP contribution in [0.2, 0.25) is 0 Å². The van der Waals surface area contributed by atoms with Crippen LogP contribution in [-0.2, 0) is 9.59 Å². The van der Waals surface area contributed by atoms with Crippen LogP contribution in [0.15, 0.2) is 43.3 Å². The lowest BCUT2D eigenvalue weighted by atomic mass is 10.2. The van der Waals surface area contributed by atoms with Gasteiger partial charge in [-0.1, -0.05) is 0 Å². The summed E-state index contributed by atoms with van der Waals surface area (Å²) in [6, 6.07) is 4.94. The smallest absolute Gasteiger partial charge is 0.400 e. The van der Waals surface area contributed by atoms with Crippen molar-refractivity contribution in [3.05, 3.63) is 56.0 Å². The van der Waals surface area contributed by atoms with E-state index in [-0.39, 0.29) is 30.8 Å². The van der Waals surface area contributed by atoms with Gasteiger partial charge in [-0.2, -0.15) is 10.2 Å². The van der Waals surface area contributed by atoms with Crippen LogP contribution in [0.5, 0.6) is 0 Å². The first-order valence-electron chi connectivity index (χ1n) is 7.97. The fraction of sp³-hybridized carbons (Fsp3) is 0.200. The van der Waals surface area contributed by atoms with Gasteiger partial charge >= 0.3 is 11.8 Å². The molecule has 2 amide bonds. The van der Waals surface area contributed by atoms with Crippen molar-refractivity contribution in [3.8, 4) is 0 Å². The van der Waals surface area contributed by atoms with Crippen LogP contribution in [0.25, 0.3) is 0 Å². The summed E-state index contributed by atoms with van der Waals surface area (Å²) in [7, 11) is 0. The van der Waals surface area contributed by atoms with Crippen LogP contribution in [0.1, 0.15) is 30.8 Å². The van der Waals surface area contributed by atoms with Gasteiger partial charge in [0.25, 0.3) is 0 Å². The van der Waals surface area contributed by atoms with E-state index in [1.54, 1.807) is 0 Å². The Kier molecular flexibility index (Phi) is 7.29. The lowest BCUT2D eigenvalue weighted by molar-refractivity contribution is -0.402. The third-order valence-electron chi connectivity index (χ3n) is 3.15. The Morgan fingerprint density at radius 2 is 1.28 bits per heavy atom. The largest absolute Gasteiger partial charge is 0.433 e. The number of rotatable bonds is 10. The molecule has 0 radical (unpaired) electrons. The van der Waals surface area contributed by atoms with Crippen molar-refractivity contribution in [1.82, 2.24) is 10.9 Å². The fourth-order valence-corrected chi connectivity index (χ4v) is 1.88. The molecule has 14 heteroatoms. The molecule has 14 nitrogen and oxygen atoms in total. The molecule has 0 unspecified atom stereocenters. The summed E-state index contributed by atoms with van der Waals surface area (Å²) in [6.07, 6.45) is 2.41. The monoisotopic (exact) mass is 406 g/mol. The van der Waals surface area contributed by atoms with Crippen LogP contribution < -0.4 is 10.9 Å². The number of hydrogen-bond acceptors (Lipinski definition) is 10. The highest BCUT2D eigenvalue weighted by atomic mass is 16.7. The summed E-state index contributed by atoms with van der Waals surface area (Å²) in [6.45, 7) is 0. The molecule has 0 aliphatic carbocycles. The lowest BCUT2D eigenvalue weighted by Crippen LogP contribution is -2.20. The maximum atomic E-state index is 11.6. The standard InChI is InChI=1S/C15H14N6O8/c22-12(18-16-8-10-4-6-14(28-10)20(24)25)2-1-3-13(23)19-17-9-11-5-7-15(29-11)21(26)27/h4-9H,1-3H2,(H,18,22)(H,19,23). The van der Waals surface area contributed by atoms with Gasteiger partial charge in [-0.15, -0.1) is 0 Å². The molecule has 0 saturated heterocycles. The second-order valence-electron chi connectivity index (χ2n) is 5.31. The summed E-state index contributed by atoms with van der Waals surface area (Å²) in [4.78, 5) is 42.7. The van der Waals surface area contributed by atoms with Crippen molar-refractivity contribution >= 4 is 36.0 Å². The minimum absolute atomic E-state index is 0.00282.